The molecule has 84 valence electrons. The van der Waals surface area contributed by atoms with Crippen LogP contribution in [-0.4, -0.2) is 29.2 Å². The molecule has 4 heteroatoms. The molecule has 1 aromatic rings. The lowest BCUT2D eigenvalue weighted by molar-refractivity contribution is 0.0758. The first-order valence-corrected chi connectivity index (χ1v) is 5.45. The monoisotopic (exact) mass is 210 g/mol. The molecule has 2 rings (SSSR count). The minimum Gasteiger partial charge on any atom is -0.468 e. The van der Waals surface area contributed by atoms with Gasteiger partial charge in [0.25, 0.3) is 0 Å². The molecule has 15 heavy (non-hydrogen) atoms. The van der Waals surface area contributed by atoms with Crippen molar-refractivity contribution < 1.29 is 9.52 Å². The van der Waals surface area contributed by atoms with Gasteiger partial charge in [-0.1, -0.05) is 0 Å². The first kappa shape index (κ1) is 10.7. The molecular weight excluding hydrogens is 192 g/mol. The van der Waals surface area contributed by atoms with Gasteiger partial charge in [0.1, 0.15) is 5.76 Å². The molecule has 1 saturated heterocycles. The van der Waals surface area contributed by atoms with E-state index in [0.29, 0.717) is 6.54 Å². The van der Waals surface area contributed by atoms with Crippen LogP contribution in [0.3, 0.4) is 0 Å². The van der Waals surface area contributed by atoms with Crippen LogP contribution in [0, 0.1) is 0 Å². The van der Waals surface area contributed by atoms with Crippen LogP contribution in [-0.2, 0) is 13.1 Å². The van der Waals surface area contributed by atoms with E-state index in [2.05, 4.69) is 4.90 Å². The van der Waals surface area contributed by atoms with Gasteiger partial charge in [-0.2, -0.15) is 0 Å². The Morgan fingerprint density at radius 2 is 2.20 bits per heavy atom. The first-order chi connectivity index (χ1) is 7.29. The summed E-state index contributed by atoms with van der Waals surface area (Å²) in [6.45, 7) is 3.21. The van der Waals surface area contributed by atoms with Gasteiger partial charge >= 0.3 is 0 Å². The third-order valence-corrected chi connectivity index (χ3v) is 2.98. The number of likely N-dealkylation sites (tertiary alicyclic amines) is 1. The number of aliphatic hydroxyl groups is 1. The summed E-state index contributed by atoms with van der Waals surface area (Å²) >= 11 is 0. The van der Waals surface area contributed by atoms with Crippen LogP contribution in [0.1, 0.15) is 24.2 Å². The molecule has 0 bridgehead atoms. The van der Waals surface area contributed by atoms with E-state index in [9.17, 15) is 5.11 Å². The van der Waals surface area contributed by atoms with Gasteiger partial charge in [0.15, 0.2) is 0 Å². The molecule has 0 aromatic carbocycles. The van der Waals surface area contributed by atoms with Crippen molar-refractivity contribution in [2.75, 3.05) is 13.1 Å². The maximum absolute atomic E-state index is 9.38. The minimum absolute atomic E-state index is 0.119. The molecule has 0 unspecified atom stereocenters. The zero-order valence-corrected chi connectivity index (χ0v) is 8.85. The van der Waals surface area contributed by atoms with Crippen molar-refractivity contribution in [3.05, 3.63) is 23.7 Å². The summed E-state index contributed by atoms with van der Waals surface area (Å²) in [7, 11) is 0. The molecule has 1 aliphatic rings. The SMILES string of the molecule is NCc1ccoc1CN1CCC(O)CC1. The predicted octanol–water partition coefficient (Wildman–Crippen LogP) is 0.695. The Balaban J connectivity index is 1.91. The van der Waals surface area contributed by atoms with Crippen LogP contribution >= 0.6 is 0 Å². The minimum atomic E-state index is -0.119. The zero-order chi connectivity index (χ0) is 10.7. The van der Waals surface area contributed by atoms with E-state index in [1.165, 1.54) is 0 Å². The summed E-state index contributed by atoms with van der Waals surface area (Å²) < 4.78 is 5.40. The van der Waals surface area contributed by atoms with Gasteiger partial charge in [-0.15, -0.1) is 0 Å². The largest absolute Gasteiger partial charge is 0.468 e. The second kappa shape index (κ2) is 4.79. The van der Waals surface area contributed by atoms with Crippen LogP contribution in [0.25, 0.3) is 0 Å². The van der Waals surface area contributed by atoms with Gasteiger partial charge in [0.2, 0.25) is 0 Å². The number of hydrogen-bond donors (Lipinski definition) is 2. The molecular formula is C11H18N2O2. The topological polar surface area (TPSA) is 62.6 Å². The highest BCUT2D eigenvalue weighted by atomic mass is 16.3. The quantitative estimate of drug-likeness (QED) is 0.770. The maximum Gasteiger partial charge on any atom is 0.122 e. The van der Waals surface area contributed by atoms with Crippen LogP contribution in [0.5, 0.6) is 0 Å². The maximum atomic E-state index is 9.38. The summed E-state index contributed by atoms with van der Waals surface area (Å²) in [5, 5.41) is 9.38. The zero-order valence-electron chi connectivity index (χ0n) is 8.85. The fourth-order valence-electron chi connectivity index (χ4n) is 1.97. The van der Waals surface area contributed by atoms with Gasteiger partial charge in [-0.25, -0.2) is 0 Å². The molecule has 1 aromatic heterocycles. The van der Waals surface area contributed by atoms with Gasteiger partial charge in [-0.05, 0) is 18.9 Å². The van der Waals surface area contributed by atoms with Crippen molar-refractivity contribution in [1.29, 1.82) is 0 Å². The summed E-state index contributed by atoms with van der Waals surface area (Å²) in [6.07, 6.45) is 3.29. The summed E-state index contributed by atoms with van der Waals surface area (Å²) in [5.41, 5.74) is 6.69. The van der Waals surface area contributed by atoms with E-state index in [1.807, 2.05) is 6.07 Å². The summed E-state index contributed by atoms with van der Waals surface area (Å²) in [5.74, 6) is 0.967. The van der Waals surface area contributed by atoms with Gasteiger partial charge in [0, 0.05) is 25.2 Å². The van der Waals surface area contributed by atoms with Crippen LogP contribution in [0.2, 0.25) is 0 Å². The number of furan rings is 1. The fraction of sp³-hybridized carbons (Fsp3) is 0.636. The van der Waals surface area contributed by atoms with E-state index in [-0.39, 0.29) is 6.10 Å². The first-order valence-electron chi connectivity index (χ1n) is 5.45. The highest BCUT2D eigenvalue weighted by Crippen LogP contribution is 2.16. The van der Waals surface area contributed by atoms with Crippen molar-refractivity contribution in [1.82, 2.24) is 4.90 Å². The third-order valence-electron chi connectivity index (χ3n) is 2.98. The number of rotatable bonds is 3. The molecule has 1 aliphatic heterocycles. The van der Waals surface area contributed by atoms with Gasteiger partial charge in [-0.3, -0.25) is 4.90 Å². The lowest BCUT2D eigenvalue weighted by Crippen LogP contribution is -2.35. The Morgan fingerprint density at radius 3 is 2.87 bits per heavy atom. The Hall–Kier alpha value is -0.840. The van der Waals surface area contributed by atoms with E-state index in [4.69, 9.17) is 10.2 Å². The van der Waals surface area contributed by atoms with Gasteiger partial charge in [0.05, 0.1) is 18.9 Å². The number of piperidine rings is 1. The molecule has 0 aliphatic carbocycles. The molecule has 0 amide bonds. The summed E-state index contributed by atoms with van der Waals surface area (Å²) in [4.78, 5) is 2.30. The standard InChI is InChI=1S/C11H18N2O2/c12-7-9-3-6-15-11(9)8-13-4-1-10(14)2-5-13/h3,6,10,14H,1-2,4-5,7-8,12H2. The van der Waals surface area contributed by atoms with Crippen molar-refractivity contribution in [3.8, 4) is 0 Å². The van der Waals surface area contributed by atoms with E-state index in [0.717, 1.165) is 43.8 Å². The lowest BCUT2D eigenvalue weighted by atomic mass is 10.1. The average Bonchev–Trinajstić information content (AvgIpc) is 2.69. The third kappa shape index (κ3) is 2.59. The second-order valence-corrected chi connectivity index (χ2v) is 4.08. The highest BCUT2D eigenvalue weighted by Gasteiger charge is 2.18. The Labute approximate surface area is 89.7 Å². The second-order valence-electron chi connectivity index (χ2n) is 4.08. The van der Waals surface area contributed by atoms with Crippen molar-refractivity contribution >= 4 is 0 Å². The lowest BCUT2D eigenvalue weighted by Gasteiger charge is -2.28. The smallest absolute Gasteiger partial charge is 0.122 e. The molecule has 3 N–H and O–H groups in total. The molecule has 0 atom stereocenters. The Kier molecular flexibility index (Phi) is 3.41. The van der Waals surface area contributed by atoms with Crippen LogP contribution in [0.4, 0.5) is 0 Å². The van der Waals surface area contributed by atoms with Crippen molar-refractivity contribution in [2.45, 2.75) is 32.0 Å². The predicted molar refractivity (Wildman–Crippen MR) is 57.1 cm³/mol. The van der Waals surface area contributed by atoms with Crippen LogP contribution < -0.4 is 5.73 Å². The van der Waals surface area contributed by atoms with Crippen molar-refractivity contribution in [3.63, 3.8) is 0 Å². The number of nitrogens with zero attached hydrogens (tertiary/aromatic N) is 1. The molecule has 4 nitrogen and oxygen atoms in total. The fourth-order valence-corrected chi connectivity index (χ4v) is 1.97. The number of hydrogen-bond acceptors (Lipinski definition) is 4. The van der Waals surface area contributed by atoms with E-state index < -0.39 is 0 Å². The summed E-state index contributed by atoms with van der Waals surface area (Å²) in [6, 6.07) is 1.92. The number of nitrogens with two attached hydrogens (primary N) is 1. The van der Waals surface area contributed by atoms with Crippen molar-refractivity contribution in [2.24, 2.45) is 5.73 Å². The Morgan fingerprint density at radius 1 is 1.47 bits per heavy atom. The molecule has 2 heterocycles. The molecule has 0 saturated carbocycles. The normalized spacial score (nSPS) is 19.6. The Bertz CT molecular complexity index is 303. The number of aliphatic hydroxyl groups excluding tert-OH is 1. The van der Waals surface area contributed by atoms with E-state index >= 15 is 0 Å². The van der Waals surface area contributed by atoms with E-state index in [1.54, 1.807) is 6.26 Å². The van der Waals surface area contributed by atoms with Gasteiger partial charge < -0.3 is 15.3 Å². The molecule has 1 fully saturated rings. The average molecular weight is 210 g/mol. The highest BCUT2D eigenvalue weighted by molar-refractivity contribution is 5.16. The van der Waals surface area contributed by atoms with Crippen LogP contribution in [0.15, 0.2) is 16.7 Å². The molecule has 0 radical (unpaired) electrons. The molecule has 0 spiro atoms.